The van der Waals surface area contributed by atoms with Crippen molar-refractivity contribution in [2.45, 2.75) is 13.0 Å². The van der Waals surface area contributed by atoms with E-state index in [1.807, 2.05) is 0 Å². The molecule has 1 atom stereocenters. The van der Waals surface area contributed by atoms with Gasteiger partial charge in [-0.05, 0) is 13.0 Å². The maximum absolute atomic E-state index is 13.4. The van der Waals surface area contributed by atoms with E-state index in [9.17, 15) is 24.4 Å². The maximum Gasteiger partial charge on any atom is 0.338 e. The molecule has 0 radical (unpaired) electrons. The Bertz CT molecular complexity index is 518. The van der Waals surface area contributed by atoms with Gasteiger partial charge in [0.15, 0.2) is 0 Å². The van der Waals surface area contributed by atoms with Crippen molar-refractivity contribution in [2.75, 3.05) is 18.5 Å². The van der Waals surface area contributed by atoms with Crippen LogP contribution in [0.5, 0.6) is 0 Å². The largest absolute Gasteiger partial charge is 0.478 e. The third-order valence-corrected chi connectivity index (χ3v) is 2.44. The Hall–Kier alpha value is -2.22. The predicted molar refractivity (Wildman–Crippen MR) is 65.0 cm³/mol. The number of nitrogens with zero attached hydrogens (tertiary/aromatic N) is 2. The third kappa shape index (κ3) is 3.38. The highest BCUT2D eigenvalue weighted by atomic mass is 19.1. The van der Waals surface area contributed by atoms with Gasteiger partial charge >= 0.3 is 5.97 Å². The summed E-state index contributed by atoms with van der Waals surface area (Å²) in [5.74, 6) is -2.69. The zero-order chi connectivity index (χ0) is 14.7. The molecule has 0 bridgehead atoms. The zero-order valence-electron chi connectivity index (χ0n) is 10.3. The second kappa shape index (κ2) is 5.61. The van der Waals surface area contributed by atoms with Gasteiger partial charge in [-0.25, -0.2) is 9.18 Å². The van der Waals surface area contributed by atoms with E-state index in [1.54, 1.807) is 0 Å². The summed E-state index contributed by atoms with van der Waals surface area (Å²) in [4.78, 5) is 22.2. The number of nitro benzene ring substituents is 1. The molecule has 1 aromatic carbocycles. The van der Waals surface area contributed by atoms with Crippen molar-refractivity contribution in [3.63, 3.8) is 0 Å². The van der Waals surface area contributed by atoms with Crippen molar-refractivity contribution < 1.29 is 24.3 Å². The molecule has 1 rings (SSSR count). The van der Waals surface area contributed by atoms with E-state index in [2.05, 4.69) is 0 Å². The number of halogens is 1. The van der Waals surface area contributed by atoms with Crippen LogP contribution in [0.1, 0.15) is 17.3 Å². The number of aliphatic hydroxyl groups is 1. The van der Waals surface area contributed by atoms with Crippen molar-refractivity contribution in [3.05, 3.63) is 33.6 Å². The van der Waals surface area contributed by atoms with Crippen molar-refractivity contribution in [3.8, 4) is 0 Å². The number of aliphatic hydroxyl groups excluding tert-OH is 1. The van der Waals surface area contributed by atoms with Crippen LogP contribution in [-0.4, -0.2) is 40.8 Å². The third-order valence-electron chi connectivity index (χ3n) is 2.44. The van der Waals surface area contributed by atoms with Gasteiger partial charge in [0, 0.05) is 13.6 Å². The number of carboxylic acid groups (broad SMARTS) is 1. The first-order valence-electron chi connectivity index (χ1n) is 5.34. The second-order valence-corrected chi connectivity index (χ2v) is 4.11. The molecule has 0 aromatic heterocycles. The number of rotatable bonds is 5. The summed E-state index contributed by atoms with van der Waals surface area (Å²) in [5, 5.41) is 28.9. The van der Waals surface area contributed by atoms with Gasteiger partial charge in [0.05, 0.1) is 22.7 Å². The van der Waals surface area contributed by atoms with Crippen LogP contribution in [-0.2, 0) is 0 Å². The number of hydrogen-bond acceptors (Lipinski definition) is 5. The normalized spacial score (nSPS) is 12.0. The van der Waals surface area contributed by atoms with Crippen LogP contribution >= 0.6 is 0 Å². The highest BCUT2D eigenvalue weighted by molar-refractivity contribution is 5.90. The van der Waals surface area contributed by atoms with Gasteiger partial charge in [0.25, 0.3) is 5.69 Å². The summed E-state index contributed by atoms with van der Waals surface area (Å²) in [6.07, 6.45) is -0.775. The highest BCUT2D eigenvalue weighted by Gasteiger charge is 2.24. The van der Waals surface area contributed by atoms with Crippen LogP contribution in [0.25, 0.3) is 0 Å². The van der Waals surface area contributed by atoms with Gasteiger partial charge < -0.3 is 15.1 Å². The number of hydrogen-bond donors (Lipinski definition) is 2. The molecule has 0 aliphatic carbocycles. The Labute approximate surface area is 108 Å². The second-order valence-electron chi connectivity index (χ2n) is 4.11. The Kier molecular flexibility index (Phi) is 4.38. The first-order chi connectivity index (χ1) is 8.73. The molecule has 0 amide bonds. The molecule has 1 unspecified atom stereocenters. The van der Waals surface area contributed by atoms with Crippen molar-refractivity contribution in [1.29, 1.82) is 0 Å². The monoisotopic (exact) mass is 272 g/mol. The molecular weight excluding hydrogens is 259 g/mol. The van der Waals surface area contributed by atoms with Crippen LogP contribution in [0, 0.1) is 15.9 Å². The molecule has 0 aliphatic heterocycles. The SMILES string of the molecule is CC(O)CN(C)c1cc(C(=O)O)c(F)cc1[N+](=O)[O-]. The minimum Gasteiger partial charge on any atom is -0.478 e. The number of carbonyl (C=O) groups is 1. The predicted octanol–water partition coefficient (Wildman–Crippen LogP) is 1.25. The fourth-order valence-electron chi connectivity index (χ4n) is 1.66. The van der Waals surface area contributed by atoms with E-state index >= 15 is 0 Å². The molecule has 0 spiro atoms. The van der Waals surface area contributed by atoms with E-state index in [-0.39, 0.29) is 12.2 Å². The van der Waals surface area contributed by atoms with E-state index in [4.69, 9.17) is 5.11 Å². The van der Waals surface area contributed by atoms with Crippen molar-refractivity contribution in [2.24, 2.45) is 0 Å². The minimum absolute atomic E-state index is 0.0472. The molecule has 1 aromatic rings. The van der Waals surface area contributed by atoms with Gasteiger partial charge in [0.1, 0.15) is 11.5 Å². The molecule has 19 heavy (non-hydrogen) atoms. The molecule has 0 saturated carbocycles. The first kappa shape index (κ1) is 14.8. The van der Waals surface area contributed by atoms with Gasteiger partial charge in [0.2, 0.25) is 0 Å². The lowest BCUT2D eigenvalue weighted by molar-refractivity contribution is -0.384. The molecule has 0 saturated heterocycles. The lowest BCUT2D eigenvalue weighted by Gasteiger charge is -2.21. The van der Waals surface area contributed by atoms with Crippen LogP contribution in [0.15, 0.2) is 12.1 Å². The van der Waals surface area contributed by atoms with E-state index in [0.717, 1.165) is 6.07 Å². The Morgan fingerprint density at radius 3 is 2.58 bits per heavy atom. The average Bonchev–Trinajstić information content (AvgIpc) is 2.26. The molecule has 104 valence electrons. The van der Waals surface area contributed by atoms with Gasteiger partial charge in [-0.2, -0.15) is 0 Å². The van der Waals surface area contributed by atoms with Gasteiger partial charge in [-0.3, -0.25) is 10.1 Å². The summed E-state index contributed by atoms with van der Waals surface area (Å²) in [5.41, 5.74) is -1.27. The maximum atomic E-state index is 13.4. The topological polar surface area (TPSA) is 104 Å². The first-order valence-corrected chi connectivity index (χ1v) is 5.34. The van der Waals surface area contributed by atoms with Crippen LogP contribution in [0.2, 0.25) is 0 Å². The average molecular weight is 272 g/mol. The number of benzene rings is 1. The number of carboxylic acids is 1. The van der Waals surface area contributed by atoms with Crippen LogP contribution in [0.4, 0.5) is 15.8 Å². The smallest absolute Gasteiger partial charge is 0.338 e. The van der Waals surface area contributed by atoms with Crippen LogP contribution in [0.3, 0.4) is 0 Å². The summed E-state index contributed by atoms with van der Waals surface area (Å²) >= 11 is 0. The van der Waals surface area contributed by atoms with Gasteiger partial charge in [-0.15, -0.1) is 0 Å². The molecule has 0 aliphatic rings. The number of aromatic carboxylic acids is 1. The molecule has 7 nitrogen and oxygen atoms in total. The van der Waals surface area contributed by atoms with E-state index < -0.39 is 34.1 Å². The van der Waals surface area contributed by atoms with E-state index in [1.165, 1.54) is 18.9 Å². The molecule has 8 heteroatoms. The molecule has 2 N–H and O–H groups in total. The fourth-order valence-corrected chi connectivity index (χ4v) is 1.66. The lowest BCUT2D eigenvalue weighted by atomic mass is 10.1. The number of nitro groups is 1. The van der Waals surface area contributed by atoms with Crippen molar-refractivity contribution in [1.82, 2.24) is 0 Å². The summed E-state index contributed by atoms with van der Waals surface area (Å²) in [6.45, 7) is 1.52. The Morgan fingerprint density at radius 1 is 1.58 bits per heavy atom. The van der Waals surface area contributed by atoms with E-state index in [0.29, 0.717) is 6.07 Å². The molecule has 0 heterocycles. The van der Waals surface area contributed by atoms with Crippen molar-refractivity contribution >= 4 is 17.3 Å². The number of likely N-dealkylation sites (N-methyl/N-ethyl adjacent to an activating group) is 1. The highest BCUT2D eigenvalue weighted by Crippen LogP contribution is 2.30. The van der Waals surface area contributed by atoms with Crippen LogP contribution < -0.4 is 4.90 Å². The lowest BCUT2D eigenvalue weighted by Crippen LogP contribution is -2.27. The summed E-state index contributed by atoms with van der Waals surface area (Å²) in [7, 11) is 1.44. The fraction of sp³-hybridized carbons (Fsp3) is 0.364. The van der Waals surface area contributed by atoms with Gasteiger partial charge in [-0.1, -0.05) is 0 Å². The Balaban J connectivity index is 3.37. The molecular formula is C11H13FN2O5. The Morgan fingerprint density at radius 2 is 2.16 bits per heavy atom. The summed E-state index contributed by atoms with van der Waals surface area (Å²) in [6, 6.07) is 1.45. The summed E-state index contributed by atoms with van der Waals surface area (Å²) < 4.78 is 13.4. The zero-order valence-corrected chi connectivity index (χ0v) is 10.3. The molecule has 0 fully saturated rings. The standard InChI is InChI=1S/C11H13FN2O5/c1-6(15)5-13(2)9-3-7(11(16)17)8(12)4-10(9)14(18)19/h3-4,6,15H,5H2,1-2H3,(H,16,17). The number of anilines is 1. The quantitative estimate of drug-likeness (QED) is 0.617. The minimum atomic E-state index is -1.51.